The minimum atomic E-state index is -0.305. The molecular formula is C19H16ClN3O. The van der Waals surface area contributed by atoms with Crippen molar-refractivity contribution in [3.63, 3.8) is 0 Å². The molecule has 0 radical (unpaired) electrons. The van der Waals surface area contributed by atoms with E-state index in [1.807, 2.05) is 12.1 Å². The zero-order valence-corrected chi connectivity index (χ0v) is 13.8. The number of aromatic amines is 1. The second-order valence-corrected chi connectivity index (χ2v) is 7.17. The van der Waals surface area contributed by atoms with Crippen LogP contribution in [0.5, 0.6) is 0 Å². The molecule has 0 atom stereocenters. The second-order valence-electron chi connectivity index (χ2n) is 6.78. The lowest BCUT2D eigenvalue weighted by molar-refractivity contribution is -0.120. The van der Waals surface area contributed by atoms with Gasteiger partial charge in [0, 0.05) is 34.0 Å². The van der Waals surface area contributed by atoms with Crippen molar-refractivity contribution in [1.82, 2.24) is 9.97 Å². The predicted molar refractivity (Wildman–Crippen MR) is 95.3 cm³/mol. The van der Waals surface area contributed by atoms with Gasteiger partial charge in [-0.1, -0.05) is 24.4 Å². The van der Waals surface area contributed by atoms with Gasteiger partial charge in [-0.2, -0.15) is 0 Å². The number of aromatic nitrogens is 2. The number of fused-ring (bicyclic) bond motifs is 3. The van der Waals surface area contributed by atoms with Gasteiger partial charge in [-0.3, -0.25) is 4.79 Å². The summed E-state index contributed by atoms with van der Waals surface area (Å²) >= 11 is 6.00. The zero-order chi connectivity index (χ0) is 16.3. The number of nitrogens with one attached hydrogen (secondary N) is 2. The highest BCUT2D eigenvalue weighted by molar-refractivity contribution is 6.29. The summed E-state index contributed by atoms with van der Waals surface area (Å²) < 4.78 is 0. The fraction of sp³-hybridized carbons (Fsp3) is 0.263. The highest BCUT2D eigenvalue weighted by Gasteiger charge is 2.48. The first-order chi connectivity index (χ1) is 11.7. The van der Waals surface area contributed by atoms with Gasteiger partial charge in [0.2, 0.25) is 5.91 Å². The number of benzene rings is 1. The number of nitrogens with zero attached hydrogens (tertiary/aromatic N) is 1. The van der Waals surface area contributed by atoms with Gasteiger partial charge in [0.15, 0.2) is 0 Å². The van der Waals surface area contributed by atoms with Crippen LogP contribution < -0.4 is 5.32 Å². The molecule has 1 spiro atoms. The zero-order valence-electron chi connectivity index (χ0n) is 13.0. The van der Waals surface area contributed by atoms with E-state index in [9.17, 15) is 4.79 Å². The van der Waals surface area contributed by atoms with Gasteiger partial charge in [0.1, 0.15) is 5.15 Å². The number of carbonyl (C=O) groups is 1. The van der Waals surface area contributed by atoms with Crippen molar-refractivity contribution in [2.45, 2.75) is 31.1 Å². The molecule has 1 aromatic carbocycles. The third-order valence-electron chi connectivity index (χ3n) is 5.45. The maximum absolute atomic E-state index is 12.5. The van der Waals surface area contributed by atoms with E-state index in [0.29, 0.717) is 5.15 Å². The SMILES string of the molecule is O=C1Nc2cc3[nH]c(-c4ccnc(Cl)c4)cc3cc2C12CCCC2. The molecule has 0 unspecified atom stereocenters. The number of carbonyl (C=O) groups excluding carboxylic acids is 1. The number of anilines is 1. The molecule has 120 valence electrons. The molecule has 1 amide bonds. The molecule has 3 aromatic rings. The molecule has 1 fully saturated rings. The summed E-state index contributed by atoms with van der Waals surface area (Å²) in [5.41, 5.74) is 4.84. The van der Waals surface area contributed by atoms with E-state index in [0.717, 1.165) is 59.1 Å². The van der Waals surface area contributed by atoms with Crippen molar-refractivity contribution in [2.24, 2.45) is 0 Å². The van der Waals surface area contributed by atoms with Gasteiger partial charge in [0.25, 0.3) is 0 Å². The van der Waals surface area contributed by atoms with Crippen LogP contribution in [0, 0.1) is 0 Å². The number of hydrogen-bond acceptors (Lipinski definition) is 2. The Bertz CT molecular complexity index is 985. The molecule has 4 nitrogen and oxygen atoms in total. The van der Waals surface area contributed by atoms with Crippen LogP contribution in [-0.4, -0.2) is 15.9 Å². The van der Waals surface area contributed by atoms with Crippen molar-refractivity contribution in [2.75, 3.05) is 5.32 Å². The van der Waals surface area contributed by atoms with Gasteiger partial charge in [-0.05, 0) is 48.7 Å². The normalized spacial score (nSPS) is 18.3. The molecule has 0 saturated heterocycles. The second kappa shape index (κ2) is 4.84. The number of halogens is 1. The first-order valence-corrected chi connectivity index (χ1v) is 8.64. The minimum Gasteiger partial charge on any atom is -0.354 e. The summed E-state index contributed by atoms with van der Waals surface area (Å²) in [4.78, 5) is 20.0. The van der Waals surface area contributed by atoms with E-state index in [-0.39, 0.29) is 11.3 Å². The molecule has 2 aromatic heterocycles. The monoisotopic (exact) mass is 337 g/mol. The largest absolute Gasteiger partial charge is 0.354 e. The van der Waals surface area contributed by atoms with Crippen LogP contribution in [0.2, 0.25) is 5.15 Å². The van der Waals surface area contributed by atoms with Crippen molar-refractivity contribution in [3.8, 4) is 11.3 Å². The Morgan fingerprint density at radius 2 is 1.96 bits per heavy atom. The summed E-state index contributed by atoms with van der Waals surface area (Å²) in [5.74, 6) is 0.170. The van der Waals surface area contributed by atoms with Crippen LogP contribution in [0.25, 0.3) is 22.2 Å². The third-order valence-corrected chi connectivity index (χ3v) is 5.66. The lowest BCUT2D eigenvalue weighted by Crippen LogP contribution is -2.30. The minimum absolute atomic E-state index is 0.170. The standard InChI is InChI=1S/C19H16ClN3O/c20-17-9-11(3-6-21-17)14-8-12-7-13-16(10-15(12)22-14)23-18(24)19(13)4-1-2-5-19/h3,6-10,22H,1-2,4-5H2,(H,23,24). The predicted octanol–water partition coefficient (Wildman–Crippen LogP) is 4.65. The molecule has 24 heavy (non-hydrogen) atoms. The van der Waals surface area contributed by atoms with Crippen LogP contribution in [0.1, 0.15) is 31.2 Å². The number of hydrogen-bond donors (Lipinski definition) is 2. The number of rotatable bonds is 1. The summed E-state index contributed by atoms with van der Waals surface area (Å²) in [5, 5.41) is 4.69. The summed E-state index contributed by atoms with van der Waals surface area (Å²) in [7, 11) is 0. The number of H-pyrrole nitrogens is 1. The van der Waals surface area contributed by atoms with Crippen LogP contribution in [0.4, 0.5) is 5.69 Å². The lowest BCUT2D eigenvalue weighted by atomic mass is 9.80. The maximum atomic E-state index is 12.5. The molecule has 2 N–H and O–H groups in total. The van der Waals surface area contributed by atoms with E-state index in [4.69, 9.17) is 11.6 Å². The summed E-state index contributed by atoms with van der Waals surface area (Å²) in [6, 6.07) is 10.1. The van der Waals surface area contributed by atoms with Gasteiger partial charge in [-0.25, -0.2) is 4.98 Å². The van der Waals surface area contributed by atoms with E-state index in [1.165, 1.54) is 0 Å². The van der Waals surface area contributed by atoms with Crippen molar-refractivity contribution in [3.05, 3.63) is 47.2 Å². The van der Waals surface area contributed by atoms with Crippen LogP contribution >= 0.6 is 11.6 Å². The number of amides is 1. The molecular weight excluding hydrogens is 322 g/mol. The summed E-state index contributed by atoms with van der Waals surface area (Å²) in [6.45, 7) is 0. The quantitative estimate of drug-likeness (QED) is 0.635. The number of pyridine rings is 1. The molecule has 1 aliphatic carbocycles. The van der Waals surface area contributed by atoms with Crippen molar-refractivity contribution in [1.29, 1.82) is 0 Å². The first kappa shape index (κ1) is 14.1. The molecule has 5 rings (SSSR count). The summed E-state index contributed by atoms with van der Waals surface area (Å²) in [6.07, 6.45) is 5.86. The topological polar surface area (TPSA) is 57.8 Å². The molecule has 2 aliphatic rings. The Morgan fingerprint density at radius 3 is 2.75 bits per heavy atom. The average molecular weight is 338 g/mol. The average Bonchev–Trinajstić information content (AvgIpc) is 3.26. The molecule has 5 heteroatoms. The Balaban J connectivity index is 1.67. The lowest BCUT2D eigenvalue weighted by Gasteiger charge is -2.20. The fourth-order valence-corrected chi connectivity index (χ4v) is 4.42. The van der Waals surface area contributed by atoms with Gasteiger partial charge < -0.3 is 10.3 Å². The van der Waals surface area contributed by atoms with Crippen LogP contribution in [-0.2, 0) is 10.2 Å². The van der Waals surface area contributed by atoms with E-state index >= 15 is 0 Å². The van der Waals surface area contributed by atoms with E-state index in [1.54, 1.807) is 6.20 Å². The highest BCUT2D eigenvalue weighted by atomic mass is 35.5. The van der Waals surface area contributed by atoms with E-state index < -0.39 is 0 Å². The Hall–Kier alpha value is -2.33. The van der Waals surface area contributed by atoms with Gasteiger partial charge >= 0.3 is 0 Å². The fourth-order valence-electron chi connectivity index (χ4n) is 4.24. The highest BCUT2D eigenvalue weighted by Crippen LogP contribution is 2.49. The Kier molecular flexibility index (Phi) is 2.83. The van der Waals surface area contributed by atoms with E-state index in [2.05, 4.69) is 33.5 Å². The van der Waals surface area contributed by atoms with Gasteiger partial charge in [0.05, 0.1) is 5.41 Å². The molecule has 1 saturated carbocycles. The third kappa shape index (κ3) is 1.86. The molecule has 1 aliphatic heterocycles. The smallest absolute Gasteiger partial charge is 0.235 e. The van der Waals surface area contributed by atoms with Crippen molar-refractivity contribution >= 4 is 34.1 Å². The van der Waals surface area contributed by atoms with Crippen molar-refractivity contribution < 1.29 is 4.79 Å². The molecule has 0 bridgehead atoms. The van der Waals surface area contributed by atoms with Crippen LogP contribution in [0.15, 0.2) is 36.5 Å². The van der Waals surface area contributed by atoms with Crippen LogP contribution in [0.3, 0.4) is 0 Å². The molecule has 3 heterocycles. The van der Waals surface area contributed by atoms with Gasteiger partial charge in [-0.15, -0.1) is 0 Å². The maximum Gasteiger partial charge on any atom is 0.235 e. The Morgan fingerprint density at radius 1 is 1.12 bits per heavy atom. The Labute approximate surface area is 144 Å². The first-order valence-electron chi connectivity index (χ1n) is 8.26.